The summed E-state index contributed by atoms with van der Waals surface area (Å²) in [4.78, 5) is 0. The summed E-state index contributed by atoms with van der Waals surface area (Å²) >= 11 is 0. The summed E-state index contributed by atoms with van der Waals surface area (Å²) in [5.74, 6) is 0. The highest BCUT2D eigenvalue weighted by Crippen LogP contribution is 2.49. The first-order chi connectivity index (χ1) is 36.5. The highest BCUT2D eigenvalue weighted by molar-refractivity contribution is 6.39. The van der Waals surface area contributed by atoms with E-state index in [1.165, 1.54) is 174 Å². The smallest absolute Gasteiger partial charge is 0.0575 e. The largest absolute Gasteiger partial charge is 0.343 e. The second-order valence-corrected chi connectivity index (χ2v) is 20.8. The molecule has 3 heteroatoms. The Morgan fingerprint density at radius 2 is 0.500 bits per heavy atom. The van der Waals surface area contributed by atoms with Crippen molar-refractivity contribution in [2.24, 2.45) is 21.1 Å². The van der Waals surface area contributed by atoms with Crippen LogP contribution in [-0.4, -0.2) is 13.7 Å². The molecular weight excluding hydrogens is 895 g/mol. The molecular formula is C71H45N3. The molecule has 0 N–H and O–H groups in total. The molecule has 0 spiro atoms. The van der Waals surface area contributed by atoms with Crippen molar-refractivity contribution < 1.29 is 0 Å². The average molecular weight is 940 g/mol. The van der Waals surface area contributed by atoms with Gasteiger partial charge in [0.2, 0.25) is 0 Å². The maximum Gasteiger partial charge on any atom is 0.0575 e. The van der Waals surface area contributed by atoms with E-state index in [4.69, 9.17) is 0 Å². The van der Waals surface area contributed by atoms with E-state index in [1.54, 1.807) is 0 Å². The van der Waals surface area contributed by atoms with Gasteiger partial charge in [0.05, 0.1) is 16.6 Å². The molecule has 0 aliphatic heterocycles. The Morgan fingerprint density at radius 3 is 1.00 bits per heavy atom. The SMILES string of the molecule is Cn1c2ccccc2c2c3ccccc3c3ccc(-c4cccc5c4ccc4c5c5ccc(-c6cccc7c6ccc6c7c7ccccc7c7c6c6ccccc6n7C)cc5c5c4c4ccccc4n5C)cc3c21. The van der Waals surface area contributed by atoms with Crippen LogP contribution in [0.3, 0.4) is 0 Å². The van der Waals surface area contributed by atoms with E-state index in [2.05, 4.69) is 253 Å². The van der Waals surface area contributed by atoms with Gasteiger partial charge in [0.25, 0.3) is 0 Å². The number of hydrogen-bond acceptors (Lipinski definition) is 0. The van der Waals surface area contributed by atoms with E-state index in [-0.39, 0.29) is 0 Å². The molecule has 0 bridgehead atoms. The molecule has 0 saturated heterocycles. The van der Waals surface area contributed by atoms with Crippen LogP contribution in [0.25, 0.3) is 174 Å². The van der Waals surface area contributed by atoms with E-state index >= 15 is 0 Å². The summed E-state index contributed by atoms with van der Waals surface area (Å²) < 4.78 is 7.22. The first kappa shape index (κ1) is 40.2. The van der Waals surface area contributed by atoms with Crippen molar-refractivity contribution in [1.82, 2.24) is 13.7 Å². The predicted molar refractivity (Wildman–Crippen MR) is 319 cm³/mol. The summed E-state index contributed by atoms with van der Waals surface area (Å²) in [6.07, 6.45) is 0. The van der Waals surface area contributed by atoms with Crippen molar-refractivity contribution in [3.8, 4) is 22.3 Å². The Morgan fingerprint density at radius 1 is 0.203 bits per heavy atom. The predicted octanol–water partition coefficient (Wildman–Crippen LogP) is 19.2. The number of fused-ring (bicyclic) bond motifs is 28. The number of para-hydroxylation sites is 3. The van der Waals surface area contributed by atoms with Gasteiger partial charge in [-0.2, -0.15) is 0 Å². The highest BCUT2D eigenvalue weighted by atomic mass is 14.9. The zero-order valence-corrected chi connectivity index (χ0v) is 41.1. The normalized spacial score (nSPS) is 12.5. The molecule has 17 aromatic rings. The van der Waals surface area contributed by atoms with Crippen LogP contribution in [0.5, 0.6) is 0 Å². The summed E-state index contributed by atoms with van der Waals surface area (Å²) in [5.41, 5.74) is 12.5. The monoisotopic (exact) mass is 939 g/mol. The lowest BCUT2D eigenvalue weighted by Gasteiger charge is -2.17. The quantitative estimate of drug-likeness (QED) is 0.153. The lowest BCUT2D eigenvalue weighted by molar-refractivity contribution is 1.02. The van der Waals surface area contributed by atoms with Crippen molar-refractivity contribution >= 4 is 152 Å². The van der Waals surface area contributed by atoms with E-state index in [0.717, 1.165) is 0 Å². The Bertz CT molecular complexity index is 5410. The standard InChI is InChI=1S/C71H45N3/c1-72-62-28-12-9-21-55(62)67-57-36-34-45-43(24-14-25-48(45)64(57)51-18-6-7-19-53(51)69(67)72)41-31-33-52-60(39-41)71-68(56-22-10-13-29-63(56)74(71)3)58-37-35-46-42(23-15-26-49(46)65(52)58)40-30-32-47-44-16-4-5-17-50(44)66-54-20-8-11-27-61(54)73(2)70(66)59(47)38-40/h4-39H,1-3H3. The molecule has 0 aliphatic rings. The van der Waals surface area contributed by atoms with E-state index < -0.39 is 0 Å². The molecule has 0 fully saturated rings. The van der Waals surface area contributed by atoms with Crippen molar-refractivity contribution in [2.45, 2.75) is 0 Å². The Kier molecular flexibility index (Phi) is 7.81. The zero-order chi connectivity index (χ0) is 48.7. The van der Waals surface area contributed by atoms with Crippen LogP contribution >= 0.6 is 0 Å². The first-order valence-electron chi connectivity index (χ1n) is 25.9. The molecule has 3 aromatic heterocycles. The van der Waals surface area contributed by atoms with Gasteiger partial charge in [0.1, 0.15) is 0 Å². The van der Waals surface area contributed by atoms with Crippen LogP contribution in [0.2, 0.25) is 0 Å². The molecule has 0 unspecified atom stereocenters. The van der Waals surface area contributed by atoms with Gasteiger partial charge in [-0.25, -0.2) is 0 Å². The first-order valence-corrected chi connectivity index (χ1v) is 25.9. The van der Waals surface area contributed by atoms with E-state index in [1.807, 2.05) is 0 Å². The van der Waals surface area contributed by atoms with Crippen molar-refractivity contribution in [1.29, 1.82) is 0 Å². The third-order valence-electron chi connectivity index (χ3n) is 17.4. The van der Waals surface area contributed by atoms with Crippen LogP contribution < -0.4 is 0 Å². The topological polar surface area (TPSA) is 14.8 Å². The van der Waals surface area contributed by atoms with E-state index in [9.17, 15) is 0 Å². The maximum atomic E-state index is 2.49. The lowest BCUT2D eigenvalue weighted by Crippen LogP contribution is -1.92. The third kappa shape index (κ3) is 5.01. The fourth-order valence-corrected chi connectivity index (χ4v) is 14.3. The number of aryl methyl sites for hydroxylation is 3. The number of nitrogens with zero attached hydrogens (tertiary/aromatic N) is 3. The molecule has 3 heterocycles. The molecule has 14 aromatic carbocycles. The average Bonchev–Trinajstić information content (AvgIpc) is 4.09. The van der Waals surface area contributed by atoms with Crippen molar-refractivity contribution in [2.75, 3.05) is 0 Å². The van der Waals surface area contributed by atoms with Crippen LogP contribution in [0, 0.1) is 0 Å². The van der Waals surface area contributed by atoms with Crippen LogP contribution in [0.15, 0.2) is 218 Å². The van der Waals surface area contributed by atoms with Gasteiger partial charge in [-0.1, -0.05) is 188 Å². The van der Waals surface area contributed by atoms with Gasteiger partial charge < -0.3 is 13.7 Å². The fraction of sp³-hybridized carbons (Fsp3) is 0.0423. The molecule has 3 nitrogen and oxygen atoms in total. The van der Waals surface area contributed by atoms with Crippen LogP contribution in [0.4, 0.5) is 0 Å². The van der Waals surface area contributed by atoms with Gasteiger partial charge in [-0.3, -0.25) is 0 Å². The fourth-order valence-electron chi connectivity index (χ4n) is 14.3. The summed E-state index contributed by atoms with van der Waals surface area (Å²) in [6, 6.07) is 82.6. The highest BCUT2D eigenvalue weighted by Gasteiger charge is 2.23. The Hall–Kier alpha value is -9.44. The number of rotatable bonds is 2. The minimum absolute atomic E-state index is 1.22. The molecule has 74 heavy (non-hydrogen) atoms. The van der Waals surface area contributed by atoms with Gasteiger partial charge in [-0.15, -0.1) is 0 Å². The molecule has 0 amide bonds. The second kappa shape index (κ2) is 14.4. The molecule has 0 aliphatic carbocycles. The van der Waals surface area contributed by atoms with Gasteiger partial charge in [0.15, 0.2) is 0 Å². The minimum Gasteiger partial charge on any atom is -0.343 e. The van der Waals surface area contributed by atoms with Crippen LogP contribution in [-0.2, 0) is 21.1 Å². The number of aromatic nitrogens is 3. The van der Waals surface area contributed by atoms with Gasteiger partial charge in [0, 0.05) is 86.2 Å². The molecule has 17 rings (SSSR count). The van der Waals surface area contributed by atoms with Gasteiger partial charge in [-0.05, 0) is 123 Å². The molecule has 0 saturated carbocycles. The summed E-state index contributed by atoms with van der Waals surface area (Å²) in [7, 11) is 6.70. The van der Waals surface area contributed by atoms with Crippen LogP contribution in [0.1, 0.15) is 0 Å². The van der Waals surface area contributed by atoms with E-state index in [0.29, 0.717) is 0 Å². The Balaban J connectivity index is 0.935. The molecule has 0 radical (unpaired) electrons. The number of benzene rings is 14. The summed E-state index contributed by atoms with van der Waals surface area (Å²) in [5, 5.41) is 28.3. The zero-order valence-electron chi connectivity index (χ0n) is 41.1. The third-order valence-corrected chi connectivity index (χ3v) is 17.4. The van der Waals surface area contributed by atoms with Crippen molar-refractivity contribution in [3.05, 3.63) is 218 Å². The van der Waals surface area contributed by atoms with Crippen molar-refractivity contribution in [3.63, 3.8) is 0 Å². The lowest BCUT2D eigenvalue weighted by atomic mass is 9.87. The number of hydrogen-bond donors (Lipinski definition) is 0. The Labute approximate surface area is 424 Å². The second-order valence-electron chi connectivity index (χ2n) is 20.8. The molecule has 0 atom stereocenters. The maximum absolute atomic E-state index is 2.49. The van der Waals surface area contributed by atoms with Gasteiger partial charge >= 0.3 is 0 Å². The minimum atomic E-state index is 1.22. The summed E-state index contributed by atoms with van der Waals surface area (Å²) in [6.45, 7) is 0. The molecule has 344 valence electrons.